The van der Waals surface area contributed by atoms with Gasteiger partial charge in [-0.05, 0) is 0 Å². The van der Waals surface area contributed by atoms with Crippen molar-refractivity contribution in [3.05, 3.63) is 0 Å². The summed E-state index contributed by atoms with van der Waals surface area (Å²) in [7, 11) is 0. The summed E-state index contributed by atoms with van der Waals surface area (Å²) in [6.07, 6.45) is -9.06. The van der Waals surface area contributed by atoms with Crippen molar-refractivity contribution >= 4 is 58.0 Å². The van der Waals surface area contributed by atoms with E-state index in [1.807, 2.05) is 0 Å². The smallest absolute Gasteiger partial charge is 0.274 e. The number of alkyl halides is 9. The van der Waals surface area contributed by atoms with Crippen LogP contribution in [0.4, 0.5) is 17.6 Å². The van der Waals surface area contributed by atoms with Crippen molar-refractivity contribution in [3.8, 4) is 0 Å². The average Bonchev–Trinajstić information content (AvgIpc) is 1.80. The van der Waals surface area contributed by atoms with Crippen LogP contribution in [-0.2, 0) is 4.74 Å². The minimum atomic E-state index is -4.91. The van der Waals surface area contributed by atoms with Crippen LogP contribution < -0.4 is 0 Å². The molecule has 0 saturated carbocycles. The highest BCUT2D eigenvalue weighted by Crippen LogP contribution is 2.49. The fourth-order valence-electron chi connectivity index (χ4n) is 0.273. The standard InChI is InChI=1S/C4HCl5F4O/c5-3(6,7)4(8,9)14-2(12,13)1(10)11/h1H. The average molecular weight is 318 g/mol. The molecule has 0 heterocycles. The topological polar surface area (TPSA) is 9.23 Å². The molecule has 0 aliphatic carbocycles. The molecule has 0 aromatic carbocycles. The molecule has 0 radical (unpaired) electrons. The van der Waals surface area contributed by atoms with E-state index in [9.17, 15) is 17.6 Å². The molecule has 14 heavy (non-hydrogen) atoms. The van der Waals surface area contributed by atoms with Gasteiger partial charge in [0.2, 0.25) is 3.79 Å². The molecule has 0 aromatic rings. The third-order valence-corrected chi connectivity index (χ3v) is 2.95. The molecule has 10 heteroatoms. The van der Waals surface area contributed by atoms with Gasteiger partial charge in [-0.1, -0.05) is 58.0 Å². The van der Waals surface area contributed by atoms with Crippen LogP contribution in [0.15, 0.2) is 0 Å². The summed E-state index contributed by atoms with van der Waals surface area (Å²) in [6.45, 7) is 0. The molecular formula is C4HCl5F4O. The van der Waals surface area contributed by atoms with E-state index in [4.69, 9.17) is 58.0 Å². The molecule has 0 N–H and O–H groups in total. The third-order valence-electron chi connectivity index (χ3n) is 0.848. The van der Waals surface area contributed by atoms with E-state index in [-0.39, 0.29) is 0 Å². The summed E-state index contributed by atoms with van der Waals surface area (Å²) in [6, 6.07) is 0. The number of ether oxygens (including phenoxy) is 1. The molecule has 1 nitrogen and oxygen atoms in total. The highest BCUT2D eigenvalue weighted by molar-refractivity contribution is 6.75. The third kappa shape index (κ3) is 3.94. The number of rotatable bonds is 3. The second kappa shape index (κ2) is 4.55. The lowest BCUT2D eigenvalue weighted by molar-refractivity contribution is -0.313. The van der Waals surface area contributed by atoms with Crippen molar-refractivity contribution in [1.29, 1.82) is 0 Å². The van der Waals surface area contributed by atoms with Gasteiger partial charge in [0.1, 0.15) is 0 Å². The summed E-state index contributed by atoms with van der Waals surface area (Å²) in [5.41, 5.74) is 0. The van der Waals surface area contributed by atoms with Crippen molar-refractivity contribution in [3.63, 3.8) is 0 Å². The molecule has 0 aliphatic heterocycles. The van der Waals surface area contributed by atoms with E-state index in [0.29, 0.717) is 0 Å². The Bertz CT molecular complexity index is 202. The maximum Gasteiger partial charge on any atom is 0.419 e. The molecule has 0 saturated heterocycles. The number of hydrogen-bond donors (Lipinski definition) is 0. The largest absolute Gasteiger partial charge is 0.419 e. The van der Waals surface area contributed by atoms with Gasteiger partial charge in [-0.2, -0.15) is 8.78 Å². The minimum absolute atomic E-state index is 2.70. The van der Waals surface area contributed by atoms with Gasteiger partial charge in [0.15, 0.2) is 0 Å². The van der Waals surface area contributed by atoms with Crippen LogP contribution in [0.25, 0.3) is 0 Å². The van der Waals surface area contributed by atoms with Crippen LogP contribution in [0, 0.1) is 0 Å². The van der Waals surface area contributed by atoms with Crippen molar-refractivity contribution in [2.75, 3.05) is 0 Å². The highest BCUT2D eigenvalue weighted by Gasteiger charge is 2.57. The van der Waals surface area contributed by atoms with E-state index >= 15 is 0 Å². The van der Waals surface area contributed by atoms with Crippen molar-refractivity contribution in [2.45, 2.75) is 20.8 Å². The molecule has 0 rings (SSSR count). The van der Waals surface area contributed by atoms with E-state index in [2.05, 4.69) is 4.74 Å². The maximum atomic E-state index is 12.3. The fourth-order valence-corrected chi connectivity index (χ4v) is 0.595. The summed E-state index contributed by atoms with van der Waals surface area (Å²) in [5.74, 6) is 0. The van der Waals surface area contributed by atoms with Crippen LogP contribution in [0.2, 0.25) is 0 Å². The molecule has 0 aliphatic rings. The van der Waals surface area contributed by atoms with Gasteiger partial charge in [0.05, 0.1) is 0 Å². The van der Waals surface area contributed by atoms with Crippen molar-refractivity contribution < 1.29 is 22.3 Å². The molecule has 0 aromatic heterocycles. The van der Waals surface area contributed by atoms with Gasteiger partial charge in [-0.15, -0.1) is 0 Å². The van der Waals surface area contributed by atoms with Crippen molar-refractivity contribution in [1.82, 2.24) is 0 Å². The first-order valence-electron chi connectivity index (χ1n) is 2.71. The van der Waals surface area contributed by atoms with Crippen LogP contribution in [0.3, 0.4) is 0 Å². The van der Waals surface area contributed by atoms with Gasteiger partial charge in [0, 0.05) is 0 Å². The predicted octanol–water partition coefficient (Wildman–Crippen LogP) is 4.36. The lowest BCUT2D eigenvalue weighted by Crippen LogP contribution is -2.44. The normalized spacial score (nSPS) is 15.0. The Morgan fingerprint density at radius 3 is 1.50 bits per heavy atom. The zero-order valence-electron chi connectivity index (χ0n) is 5.89. The summed E-state index contributed by atoms with van der Waals surface area (Å²) in [5, 5.41) is 0. The Labute approximate surface area is 101 Å². The van der Waals surface area contributed by atoms with Gasteiger partial charge in [-0.25, -0.2) is 8.78 Å². The quantitative estimate of drug-likeness (QED) is 0.555. The SMILES string of the molecule is FC(F)C(F)(F)OC(Cl)(Cl)C(Cl)(Cl)Cl. The first-order valence-corrected chi connectivity index (χ1v) is 4.60. The van der Waals surface area contributed by atoms with Gasteiger partial charge in [0.25, 0.3) is 4.52 Å². The molecular weight excluding hydrogens is 317 g/mol. The Kier molecular flexibility index (Phi) is 4.92. The highest BCUT2D eigenvalue weighted by atomic mass is 35.6. The van der Waals surface area contributed by atoms with E-state index in [1.165, 1.54) is 0 Å². The second-order valence-corrected chi connectivity index (χ2v) is 5.52. The predicted molar refractivity (Wildman–Crippen MR) is 46.8 cm³/mol. The summed E-state index contributed by atoms with van der Waals surface area (Å²) in [4.78, 5) is 0. The minimum Gasteiger partial charge on any atom is -0.274 e. The number of halogens is 9. The fraction of sp³-hybridized carbons (Fsp3) is 1.00. The van der Waals surface area contributed by atoms with Crippen LogP contribution in [-0.4, -0.2) is 20.8 Å². The molecule has 0 fully saturated rings. The van der Waals surface area contributed by atoms with E-state index < -0.39 is 20.8 Å². The zero-order chi connectivity index (χ0) is 11.8. The first kappa shape index (κ1) is 15.1. The molecule has 0 unspecified atom stereocenters. The van der Waals surface area contributed by atoms with Crippen LogP contribution >= 0.6 is 58.0 Å². The van der Waals surface area contributed by atoms with E-state index in [0.717, 1.165) is 0 Å². The number of hydrogen-bond acceptors (Lipinski definition) is 1. The second-order valence-electron chi connectivity index (χ2n) is 1.98. The molecule has 0 spiro atoms. The van der Waals surface area contributed by atoms with Crippen molar-refractivity contribution in [2.24, 2.45) is 0 Å². The van der Waals surface area contributed by atoms with Crippen LogP contribution in [0.5, 0.6) is 0 Å². The van der Waals surface area contributed by atoms with Gasteiger partial charge >= 0.3 is 12.5 Å². The summed E-state index contributed by atoms with van der Waals surface area (Å²) < 4.78 is 45.2. The Morgan fingerprint density at radius 2 is 1.29 bits per heavy atom. The molecule has 0 atom stereocenters. The Balaban J connectivity index is 4.67. The lowest BCUT2D eigenvalue weighted by atomic mass is 10.6. The lowest BCUT2D eigenvalue weighted by Gasteiger charge is -2.30. The van der Waals surface area contributed by atoms with E-state index in [1.54, 1.807) is 0 Å². The molecule has 86 valence electrons. The zero-order valence-corrected chi connectivity index (χ0v) is 9.67. The monoisotopic (exact) mass is 316 g/mol. The maximum absolute atomic E-state index is 12.3. The molecule has 0 amide bonds. The van der Waals surface area contributed by atoms with Gasteiger partial charge < -0.3 is 0 Å². The summed E-state index contributed by atoms with van der Waals surface area (Å²) >= 11 is 24.9. The first-order chi connectivity index (χ1) is 5.90. The van der Waals surface area contributed by atoms with Crippen LogP contribution in [0.1, 0.15) is 0 Å². The van der Waals surface area contributed by atoms with Gasteiger partial charge in [-0.3, -0.25) is 4.74 Å². The Hall–Kier alpha value is 1.13. The molecule has 0 bridgehead atoms. The Morgan fingerprint density at radius 1 is 0.929 bits per heavy atom.